The highest BCUT2D eigenvalue weighted by atomic mass is 35.5. The van der Waals surface area contributed by atoms with Crippen molar-refractivity contribution in [3.63, 3.8) is 0 Å². The lowest BCUT2D eigenvalue weighted by Gasteiger charge is -2.28. The van der Waals surface area contributed by atoms with Crippen molar-refractivity contribution in [2.24, 2.45) is 0 Å². The van der Waals surface area contributed by atoms with Crippen LogP contribution in [0.15, 0.2) is 41.6 Å². The number of esters is 1. The SMILES string of the molecule is COC(=O)C1=C(C(=O)N(Cc2ccc(Cl)nc2)c2cc(OC(C)C)c(Cl)cc2Cl)CCCC1. The molecule has 0 bridgehead atoms. The van der Waals surface area contributed by atoms with Gasteiger partial charge in [-0.1, -0.05) is 40.9 Å². The summed E-state index contributed by atoms with van der Waals surface area (Å²) in [5.74, 6) is -0.411. The number of aromatic nitrogens is 1. The number of hydrogen-bond acceptors (Lipinski definition) is 5. The maximum Gasteiger partial charge on any atom is 0.334 e. The molecule has 2 aromatic rings. The Morgan fingerprint density at radius 3 is 2.36 bits per heavy atom. The summed E-state index contributed by atoms with van der Waals surface area (Å²) in [4.78, 5) is 31.9. The van der Waals surface area contributed by atoms with Crippen molar-refractivity contribution in [2.75, 3.05) is 12.0 Å². The van der Waals surface area contributed by atoms with Crippen LogP contribution in [0.3, 0.4) is 0 Å². The molecule has 0 atom stereocenters. The van der Waals surface area contributed by atoms with E-state index in [2.05, 4.69) is 4.98 Å². The number of rotatable bonds is 7. The third-order valence-electron chi connectivity index (χ3n) is 5.19. The van der Waals surface area contributed by atoms with E-state index in [0.717, 1.165) is 18.4 Å². The fraction of sp³-hybridized carbons (Fsp3) is 0.375. The normalized spacial score (nSPS) is 13.8. The van der Waals surface area contributed by atoms with Crippen LogP contribution in [0.2, 0.25) is 15.2 Å². The molecule has 1 aliphatic carbocycles. The summed E-state index contributed by atoms with van der Waals surface area (Å²) in [5.41, 5.74) is 1.98. The summed E-state index contributed by atoms with van der Waals surface area (Å²) in [7, 11) is 1.31. The van der Waals surface area contributed by atoms with Crippen LogP contribution in [-0.4, -0.2) is 30.1 Å². The van der Waals surface area contributed by atoms with Gasteiger partial charge in [-0.3, -0.25) is 4.79 Å². The minimum Gasteiger partial charge on any atom is -0.489 e. The van der Waals surface area contributed by atoms with Crippen LogP contribution in [0, 0.1) is 0 Å². The Morgan fingerprint density at radius 2 is 1.76 bits per heavy atom. The summed E-state index contributed by atoms with van der Waals surface area (Å²) >= 11 is 18.8. The summed E-state index contributed by atoms with van der Waals surface area (Å²) < 4.78 is 10.7. The predicted octanol–water partition coefficient (Wildman–Crippen LogP) is 6.41. The Balaban J connectivity index is 2.12. The number of nitrogens with zero attached hydrogens (tertiary/aromatic N) is 2. The minimum absolute atomic E-state index is 0.131. The van der Waals surface area contributed by atoms with Crippen molar-refractivity contribution >= 4 is 52.4 Å². The molecule has 0 spiro atoms. The number of benzene rings is 1. The van der Waals surface area contributed by atoms with Crippen molar-refractivity contribution < 1.29 is 19.1 Å². The molecule has 1 heterocycles. The van der Waals surface area contributed by atoms with Crippen LogP contribution in [0.5, 0.6) is 5.75 Å². The van der Waals surface area contributed by atoms with Gasteiger partial charge in [-0.05, 0) is 57.2 Å². The van der Waals surface area contributed by atoms with Gasteiger partial charge in [-0.2, -0.15) is 0 Å². The van der Waals surface area contributed by atoms with Crippen LogP contribution in [0.4, 0.5) is 5.69 Å². The topological polar surface area (TPSA) is 68.7 Å². The summed E-state index contributed by atoms with van der Waals surface area (Å²) in [6.45, 7) is 3.91. The van der Waals surface area contributed by atoms with Crippen LogP contribution in [-0.2, 0) is 20.9 Å². The van der Waals surface area contributed by atoms with Gasteiger partial charge >= 0.3 is 5.97 Å². The average molecular weight is 512 g/mol. The molecule has 0 N–H and O–H groups in total. The molecule has 1 aliphatic rings. The molecule has 1 aromatic heterocycles. The minimum atomic E-state index is -0.489. The second-order valence-corrected chi connectivity index (χ2v) is 9.14. The lowest BCUT2D eigenvalue weighted by atomic mass is 9.90. The van der Waals surface area contributed by atoms with Crippen LogP contribution >= 0.6 is 34.8 Å². The smallest absolute Gasteiger partial charge is 0.334 e. The Morgan fingerprint density at radius 1 is 1.06 bits per heavy atom. The average Bonchev–Trinajstić information content (AvgIpc) is 2.79. The second kappa shape index (κ2) is 11.2. The van der Waals surface area contributed by atoms with E-state index in [9.17, 15) is 9.59 Å². The van der Waals surface area contributed by atoms with Gasteiger partial charge in [0.25, 0.3) is 5.91 Å². The molecule has 3 rings (SSSR count). The number of carbonyl (C=O) groups excluding carboxylic acids is 2. The Bertz CT molecular complexity index is 1070. The number of halogens is 3. The van der Waals surface area contributed by atoms with Gasteiger partial charge in [0.15, 0.2) is 0 Å². The zero-order valence-corrected chi connectivity index (χ0v) is 20.9. The largest absolute Gasteiger partial charge is 0.489 e. The molecule has 0 saturated heterocycles. The van der Waals surface area contributed by atoms with Gasteiger partial charge in [0.2, 0.25) is 0 Å². The number of ether oxygens (including phenoxy) is 2. The second-order valence-electron chi connectivity index (χ2n) is 7.94. The molecule has 33 heavy (non-hydrogen) atoms. The first-order chi connectivity index (χ1) is 15.7. The predicted molar refractivity (Wildman–Crippen MR) is 130 cm³/mol. The Kier molecular flexibility index (Phi) is 8.63. The molecular weight excluding hydrogens is 487 g/mol. The zero-order chi connectivity index (χ0) is 24.1. The molecule has 6 nitrogen and oxygen atoms in total. The molecule has 0 radical (unpaired) electrons. The van der Waals surface area contributed by atoms with E-state index < -0.39 is 5.97 Å². The highest BCUT2D eigenvalue weighted by molar-refractivity contribution is 6.37. The number of carbonyl (C=O) groups is 2. The number of pyridine rings is 1. The van der Waals surface area contributed by atoms with E-state index in [1.54, 1.807) is 30.5 Å². The Labute approximate surface area is 208 Å². The van der Waals surface area contributed by atoms with Crippen LogP contribution in [0.1, 0.15) is 45.1 Å². The summed E-state index contributed by atoms with van der Waals surface area (Å²) in [6.07, 6.45) is 4.03. The van der Waals surface area contributed by atoms with Gasteiger partial charge in [0.05, 0.1) is 35.5 Å². The Hall–Kier alpha value is -2.28. The lowest BCUT2D eigenvalue weighted by Crippen LogP contribution is -2.34. The fourth-order valence-electron chi connectivity index (χ4n) is 3.67. The van der Waals surface area contributed by atoms with E-state index >= 15 is 0 Å². The van der Waals surface area contributed by atoms with Crippen molar-refractivity contribution in [2.45, 2.75) is 52.2 Å². The van der Waals surface area contributed by atoms with Crippen molar-refractivity contribution in [3.05, 3.63) is 62.4 Å². The monoisotopic (exact) mass is 510 g/mol. The number of anilines is 1. The van der Waals surface area contributed by atoms with Crippen molar-refractivity contribution in [3.8, 4) is 5.75 Å². The quantitative estimate of drug-likeness (QED) is 0.317. The van der Waals surface area contributed by atoms with Gasteiger partial charge in [-0.15, -0.1) is 0 Å². The maximum absolute atomic E-state index is 13.9. The van der Waals surface area contributed by atoms with Crippen molar-refractivity contribution in [1.82, 2.24) is 4.98 Å². The van der Waals surface area contributed by atoms with Crippen molar-refractivity contribution in [1.29, 1.82) is 0 Å². The first kappa shape index (κ1) is 25.3. The van der Waals surface area contributed by atoms with Crippen LogP contribution < -0.4 is 9.64 Å². The molecule has 0 unspecified atom stereocenters. The zero-order valence-electron chi connectivity index (χ0n) is 18.7. The first-order valence-electron chi connectivity index (χ1n) is 10.6. The lowest BCUT2D eigenvalue weighted by molar-refractivity contribution is -0.136. The molecule has 9 heteroatoms. The van der Waals surface area contributed by atoms with E-state index in [4.69, 9.17) is 44.3 Å². The highest BCUT2D eigenvalue weighted by Gasteiger charge is 2.30. The van der Waals surface area contributed by atoms with Gasteiger partial charge in [0.1, 0.15) is 10.9 Å². The number of hydrogen-bond donors (Lipinski definition) is 0. The van der Waals surface area contributed by atoms with E-state index in [-0.39, 0.29) is 23.6 Å². The molecular formula is C24H25Cl3N2O4. The number of amides is 1. The molecule has 176 valence electrons. The van der Waals surface area contributed by atoms with E-state index in [0.29, 0.717) is 45.6 Å². The molecule has 1 amide bonds. The summed E-state index contributed by atoms with van der Waals surface area (Å²) in [6, 6.07) is 6.62. The fourth-order valence-corrected chi connectivity index (χ4v) is 4.31. The van der Waals surface area contributed by atoms with Gasteiger partial charge in [0, 0.05) is 23.4 Å². The third-order valence-corrected chi connectivity index (χ3v) is 6.01. The molecule has 0 saturated carbocycles. The van der Waals surface area contributed by atoms with E-state index in [1.807, 2.05) is 13.8 Å². The molecule has 1 aromatic carbocycles. The van der Waals surface area contributed by atoms with Crippen LogP contribution in [0.25, 0.3) is 0 Å². The molecule has 0 aliphatic heterocycles. The van der Waals surface area contributed by atoms with E-state index in [1.165, 1.54) is 12.0 Å². The standard InChI is InChI=1S/C24H25Cl3N2O4/c1-14(2)33-21-11-20(18(25)10-19(21)26)29(13-15-8-9-22(27)28-12-15)23(30)16-6-4-5-7-17(16)24(31)32-3/h8-12,14H,4-7,13H2,1-3H3. The summed E-state index contributed by atoms with van der Waals surface area (Å²) in [5, 5.41) is 0.962. The maximum atomic E-state index is 13.9. The van der Waals surface area contributed by atoms with Gasteiger partial charge in [-0.25, -0.2) is 9.78 Å². The molecule has 0 fully saturated rings. The first-order valence-corrected chi connectivity index (χ1v) is 11.7. The third kappa shape index (κ3) is 6.19. The van der Waals surface area contributed by atoms with Gasteiger partial charge < -0.3 is 14.4 Å². The number of methoxy groups -OCH3 is 1. The highest BCUT2D eigenvalue weighted by Crippen LogP contribution is 2.39.